The lowest BCUT2D eigenvalue weighted by Gasteiger charge is -2.31. The molecular weight excluding hydrogens is 334 g/mol. The largest absolute Gasteiger partial charge is 0.380 e. The van der Waals surface area contributed by atoms with Gasteiger partial charge in [0.15, 0.2) is 0 Å². The van der Waals surface area contributed by atoms with Gasteiger partial charge in [-0.3, -0.25) is 0 Å². The van der Waals surface area contributed by atoms with E-state index in [9.17, 15) is 8.42 Å². The van der Waals surface area contributed by atoms with Gasteiger partial charge < -0.3 is 9.47 Å². The number of hydrogen-bond acceptors (Lipinski definition) is 5. The second kappa shape index (κ2) is 6.52. The molecule has 1 aromatic rings. The summed E-state index contributed by atoms with van der Waals surface area (Å²) < 4.78 is 39.3. The van der Waals surface area contributed by atoms with E-state index >= 15 is 0 Å². The van der Waals surface area contributed by atoms with Crippen molar-refractivity contribution in [1.29, 1.82) is 0 Å². The van der Waals surface area contributed by atoms with Crippen LogP contribution >= 0.6 is 22.9 Å². The molecule has 0 unspecified atom stereocenters. The predicted octanol–water partition coefficient (Wildman–Crippen LogP) is 2.26. The molecule has 2 aliphatic rings. The van der Waals surface area contributed by atoms with Crippen LogP contribution in [-0.2, 0) is 19.5 Å². The monoisotopic (exact) mass is 351 g/mol. The van der Waals surface area contributed by atoms with Crippen LogP contribution in [0.2, 0.25) is 4.34 Å². The molecule has 2 heterocycles. The van der Waals surface area contributed by atoms with Crippen LogP contribution in [0.15, 0.2) is 16.3 Å². The molecule has 2 atom stereocenters. The number of hydrogen-bond donors (Lipinski definition) is 1. The van der Waals surface area contributed by atoms with Gasteiger partial charge in [0.05, 0.1) is 23.1 Å². The van der Waals surface area contributed by atoms with Crippen LogP contribution in [0.5, 0.6) is 0 Å². The van der Waals surface area contributed by atoms with E-state index < -0.39 is 10.0 Å². The van der Waals surface area contributed by atoms with E-state index in [2.05, 4.69) is 4.72 Å². The Hall–Kier alpha value is -0.180. The van der Waals surface area contributed by atoms with E-state index in [-0.39, 0.29) is 16.4 Å². The first kappa shape index (κ1) is 15.7. The second-order valence-corrected chi connectivity index (χ2v) is 9.12. The number of ether oxygens (including phenoxy) is 2. The molecule has 0 spiro atoms. The molecule has 2 fully saturated rings. The summed E-state index contributed by atoms with van der Waals surface area (Å²) in [5, 5.41) is 0. The average molecular weight is 352 g/mol. The van der Waals surface area contributed by atoms with Gasteiger partial charge in [0, 0.05) is 13.2 Å². The van der Waals surface area contributed by atoms with Crippen LogP contribution in [0.3, 0.4) is 0 Å². The lowest BCUT2D eigenvalue weighted by atomic mass is 10.1. The van der Waals surface area contributed by atoms with Crippen molar-refractivity contribution in [2.45, 2.75) is 35.6 Å². The van der Waals surface area contributed by atoms with Crippen LogP contribution < -0.4 is 4.72 Å². The zero-order chi connectivity index (χ0) is 14.9. The molecule has 0 aromatic carbocycles. The molecule has 8 heteroatoms. The Labute approximate surface area is 133 Å². The van der Waals surface area contributed by atoms with Crippen molar-refractivity contribution in [2.75, 3.05) is 19.8 Å². The minimum absolute atomic E-state index is 0.121. The first-order chi connectivity index (χ1) is 10.0. The molecule has 1 aliphatic carbocycles. The van der Waals surface area contributed by atoms with Gasteiger partial charge in [-0.25, -0.2) is 13.1 Å². The van der Waals surface area contributed by atoms with Crippen LogP contribution in [-0.4, -0.2) is 40.4 Å². The van der Waals surface area contributed by atoms with Crippen LogP contribution in [0.25, 0.3) is 0 Å². The quantitative estimate of drug-likeness (QED) is 0.853. The van der Waals surface area contributed by atoms with E-state index in [1.165, 1.54) is 18.9 Å². The van der Waals surface area contributed by atoms with Crippen LogP contribution in [0.1, 0.15) is 19.3 Å². The van der Waals surface area contributed by atoms with Gasteiger partial charge in [-0.2, -0.15) is 0 Å². The summed E-state index contributed by atoms with van der Waals surface area (Å²) in [6.45, 7) is 1.67. The fourth-order valence-electron chi connectivity index (χ4n) is 2.27. The third-order valence-corrected chi connectivity index (χ3v) is 6.87. The highest BCUT2D eigenvalue weighted by Gasteiger charge is 2.33. The maximum absolute atomic E-state index is 12.3. The summed E-state index contributed by atoms with van der Waals surface area (Å²) in [5.74, 6) is 0.654. The average Bonchev–Trinajstić information content (AvgIpc) is 3.17. The third-order valence-electron chi connectivity index (χ3n) is 3.66. The topological polar surface area (TPSA) is 64.6 Å². The summed E-state index contributed by atoms with van der Waals surface area (Å²) in [6, 6.07) is 2.75. The molecule has 5 nitrogen and oxygen atoms in total. The Morgan fingerprint density at radius 3 is 2.86 bits per heavy atom. The number of halogens is 1. The summed E-state index contributed by atoms with van der Waals surface area (Å²) >= 11 is 6.85. The summed E-state index contributed by atoms with van der Waals surface area (Å²) in [4.78, 5) is 0. The molecule has 1 aliphatic heterocycles. The highest BCUT2D eigenvalue weighted by Crippen LogP contribution is 2.30. The molecule has 1 saturated carbocycles. The van der Waals surface area contributed by atoms with Gasteiger partial charge in [-0.1, -0.05) is 11.6 Å². The van der Waals surface area contributed by atoms with Gasteiger partial charge >= 0.3 is 0 Å². The number of thiophene rings is 1. The van der Waals surface area contributed by atoms with Gasteiger partial charge in [0.1, 0.15) is 4.21 Å². The van der Waals surface area contributed by atoms with Crippen molar-refractivity contribution in [1.82, 2.24) is 4.72 Å². The molecular formula is C13H18ClNO4S2. The summed E-state index contributed by atoms with van der Waals surface area (Å²) in [6.07, 6.45) is 3.02. The van der Waals surface area contributed by atoms with Crippen molar-refractivity contribution in [3.05, 3.63) is 16.5 Å². The number of nitrogens with one attached hydrogen (secondary N) is 1. The molecule has 21 heavy (non-hydrogen) atoms. The standard InChI is InChI=1S/C13H18ClNO4S2/c14-12-3-4-13(20-12)21(16,17)15-10-8-18-6-5-11(10)19-7-9-1-2-9/h3-4,9-11,15H,1-2,5-8H2/t10-,11+/m1/s1. The summed E-state index contributed by atoms with van der Waals surface area (Å²) in [7, 11) is -3.57. The predicted molar refractivity (Wildman–Crippen MR) is 81.3 cm³/mol. The first-order valence-corrected chi connectivity index (χ1v) is 9.69. The fourth-order valence-corrected chi connectivity index (χ4v) is 5.02. The zero-order valence-corrected chi connectivity index (χ0v) is 13.8. The Kier molecular flexibility index (Phi) is 4.87. The molecule has 1 N–H and O–H groups in total. The Morgan fingerprint density at radius 2 is 2.19 bits per heavy atom. The third kappa shape index (κ3) is 4.18. The van der Waals surface area contributed by atoms with Gasteiger partial charge in [0.25, 0.3) is 10.0 Å². The molecule has 1 aromatic heterocycles. The van der Waals surface area contributed by atoms with Crippen molar-refractivity contribution in [3.8, 4) is 0 Å². The summed E-state index contributed by atoms with van der Waals surface area (Å²) in [5.41, 5.74) is 0. The van der Waals surface area contributed by atoms with Gasteiger partial charge in [-0.15, -0.1) is 11.3 Å². The van der Waals surface area contributed by atoms with E-state index in [4.69, 9.17) is 21.1 Å². The van der Waals surface area contributed by atoms with Crippen molar-refractivity contribution in [2.24, 2.45) is 5.92 Å². The lowest BCUT2D eigenvalue weighted by Crippen LogP contribution is -2.50. The van der Waals surface area contributed by atoms with E-state index in [1.54, 1.807) is 6.07 Å². The molecule has 1 saturated heterocycles. The maximum Gasteiger partial charge on any atom is 0.250 e. The van der Waals surface area contributed by atoms with Gasteiger partial charge in [0.2, 0.25) is 0 Å². The Bertz CT molecular complexity index is 585. The highest BCUT2D eigenvalue weighted by molar-refractivity contribution is 7.91. The van der Waals surface area contributed by atoms with E-state index in [0.717, 1.165) is 11.3 Å². The smallest absolute Gasteiger partial charge is 0.250 e. The Balaban J connectivity index is 1.65. The maximum atomic E-state index is 12.3. The number of rotatable bonds is 6. The number of sulfonamides is 1. The first-order valence-electron chi connectivity index (χ1n) is 7.01. The van der Waals surface area contributed by atoms with E-state index in [1.807, 2.05) is 0 Å². The second-order valence-electron chi connectivity index (χ2n) is 5.47. The highest BCUT2D eigenvalue weighted by atomic mass is 35.5. The lowest BCUT2D eigenvalue weighted by molar-refractivity contribution is -0.0533. The minimum atomic E-state index is -3.57. The fraction of sp³-hybridized carbons (Fsp3) is 0.692. The van der Waals surface area contributed by atoms with E-state index in [0.29, 0.717) is 36.5 Å². The molecule has 118 valence electrons. The molecule has 0 amide bonds. The van der Waals surface area contributed by atoms with Crippen molar-refractivity contribution < 1.29 is 17.9 Å². The van der Waals surface area contributed by atoms with Gasteiger partial charge in [-0.05, 0) is 37.3 Å². The Morgan fingerprint density at radius 1 is 1.38 bits per heavy atom. The molecule has 3 rings (SSSR count). The molecule has 0 bridgehead atoms. The van der Waals surface area contributed by atoms with Crippen LogP contribution in [0, 0.1) is 5.92 Å². The zero-order valence-electron chi connectivity index (χ0n) is 11.5. The minimum Gasteiger partial charge on any atom is -0.380 e. The van der Waals surface area contributed by atoms with Crippen molar-refractivity contribution in [3.63, 3.8) is 0 Å². The normalized spacial score (nSPS) is 26.9. The molecule has 0 radical (unpaired) electrons. The SMILES string of the molecule is O=S(=O)(N[C@@H]1COCC[C@@H]1OCC1CC1)c1ccc(Cl)s1. The van der Waals surface area contributed by atoms with Crippen LogP contribution in [0.4, 0.5) is 0 Å². The van der Waals surface area contributed by atoms with Crippen molar-refractivity contribution >= 4 is 33.0 Å².